The Morgan fingerprint density at radius 2 is 1.74 bits per heavy atom. The van der Waals surface area contributed by atoms with Gasteiger partial charge in [0.05, 0.1) is 17.8 Å². The second kappa shape index (κ2) is 6.95. The van der Waals surface area contributed by atoms with Gasteiger partial charge in [0.1, 0.15) is 5.60 Å². The highest BCUT2D eigenvalue weighted by Gasteiger charge is 2.38. The van der Waals surface area contributed by atoms with E-state index in [0.717, 1.165) is 13.1 Å². The van der Waals surface area contributed by atoms with E-state index in [-0.39, 0.29) is 18.3 Å². The van der Waals surface area contributed by atoms with E-state index in [4.69, 9.17) is 9.47 Å². The molecule has 23 heavy (non-hydrogen) atoms. The first kappa shape index (κ1) is 18.5. The van der Waals surface area contributed by atoms with Crippen molar-refractivity contribution in [2.75, 3.05) is 32.7 Å². The number of ether oxygens (including phenoxy) is 2. The van der Waals surface area contributed by atoms with Crippen LogP contribution in [0.15, 0.2) is 0 Å². The lowest BCUT2D eigenvalue weighted by Gasteiger charge is -2.43. The maximum atomic E-state index is 12.1. The van der Waals surface area contributed by atoms with Crippen LogP contribution in [0.5, 0.6) is 0 Å². The lowest BCUT2D eigenvalue weighted by atomic mass is 9.90. The molecule has 0 aromatic rings. The standard InChI is InChI=1S/C17H32N2O4/c1-13-10-18(11-14(2)22-13)12-17(21)6-8-19(9-7-17)15(20)23-16(3,4)5/h13-14,21H,6-12H2,1-5H3/t13-,14+. The molecule has 2 fully saturated rings. The Morgan fingerprint density at radius 1 is 1.22 bits per heavy atom. The normalized spacial score (nSPS) is 29.4. The smallest absolute Gasteiger partial charge is 0.410 e. The Morgan fingerprint density at radius 3 is 2.22 bits per heavy atom. The van der Waals surface area contributed by atoms with E-state index in [9.17, 15) is 9.90 Å². The first-order valence-electron chi connectivity index (χ1n) is 8.64. The van der Waals surface area contributed by atoms with Crippen LogP contribution in [0.4, 0.5) is 4.79 Å². The number of carbonyl (C=O) groups is 1. The Labute approximate surface area is 139 Å². The van der Waals surface area contributed by atoms with Gasteiger partial charge in [-0.25, -0.2) is 4.79 Å². The molecular weight excluding hydrogens is 296 g/mol. The zero-order valence-electron chi connectivity index (χ0n) is 15.2. The van der Waals surface area contributed by atoms with Crippen LogP contribution >= 0.6 is 0 Å². The van der Waals surface area contributed by atoms with Crippen molar-refractivity contribution < 1.29 is 19.4 Å². The number of nitrogens with zero attached hydrogens (tertiary/aromatic N) is 2. The highest BCUT2D eigenvalue weighted by molar-refractivity contribution is 5.68. The van der Waals surface area contributed by atoms with Gasteiger partial charge in [-0.1, -0.05) is 0 Å². The van der Waals surface area contributed by atoms with E-state index in [1.165, 1.54) is 0 Å². The van der Waals surface area contributed by atoms with Crippen molar-refractivity contribution in [3.05, 3.63) is 0 Å². The van der Waals surface area contributed by atoms with Gasteiger partial charge in [0.2, 0.25) is 0 Å². The summed E-state index contributed by atoms with van der Waals surface area (Å²) in [5.74, 6) is 0. The van der Waals surface area contributed by atoms with Crippen LogP contribution in [-0.4, -0.2) is 77.1 Å². The molecule has 2 saturated heterocycles. The van der Waals surface area contributed by atoms with E-state index < -0.39 is 11.2 Å². The van der Waals surface area contributed by atoms with Gasteiger partial charge in [0, 0.05) is 32.7 Å². The molecule has 0 aromatic carbocycles. The molecule has 2 aliphatic rings. The molecule has 0 radical (unpaired) electrons. The van der Waals surface area contributed by atoms with Gasteiger partial charge in [-0.05, 0) is 47.5 Å². The Balaban J connectivity index is 1.83. The number of hydrogen-bond acceptors (Lipinski definition) is 5. The molecule has 2 aliphatic heterocycles. The Bertz CT molecular complexity index is 403. The minimum Gasteiger partial charge on any atom is -0.444 e. The number of rotatable bonds is 2. The average Bonchev–Trinajstić information content (AvgIpc) is 2.35. The topological polar surface area (TPSA) is 62.2 Å². The summed E-state index contributed by atoms with van der Waals surface area (Å²) in [6, 6.07) is 0. The summed E-state index contributed by atoms with van der Waals surface area (Å²) in [4.78, 5) is 16.1. The van der Waals surface area contributed by atoms with Crippen molar-refractivity contribution >= 4 is 6.09 Å². The van der Waals surface area contributed by atoms with E-state index >= 15 is 0 Å². The van der Waals surface area contributed by atoms with Gasteiger partial charge in [-0.2, -0.15) is 0 Å². The molecule has 0 bridgehead atoms. The molecule has 2 heterocycles. The second-order valence-corrected chi connectivity index (χ2v) is 8.14. The van der Waals surface area contributed by atoms with Gasteiger partial charge >= 0.3 is 6.09 Å². The van der Waals surface area contributed by atoms with Gasteiger partial charge in [-0.3, -0.25) is 4.90 Å². The first-order valence-corrected chi connectivity index (χ1v) is 8.64. The number of likely N-dealkylation sites (tertiary alicyclic amines) is 1. The van der Waals surface area contributed by atoms with Gasteiger partial charge in [0.25, 0.3) is 0 Å². The maximum Gasteiger partial charge on any atom is 0.410 e. The average molecular weight is 328 g/mol. The monoisotopic (exact) mass is 328 g/mol. The van der Waals surface area contributed by atoms with Crippen LogP contribution in [0.1, 0.15) is 47.5 Å². The summed E-state index contributed by atoms with van der Waals surface area (Å²) in [7, 11) is 0. The van der Waals surface area contributed by atoms with E-state index in [0.29, 0.717) is 32.5 Å². The molecule has 2 atom stereocenters. The quantitative estimate of drug-likeness (QED) is 0.838. The molecule has 0 unspecified atom stereocenters. The number of carbonyl (C=O) groups excluding carboxylic acids is 1. The van der Waals surface area contributed by atoms with Gasteiger partial charge < -0.3 is 19.5 Å². The fraction of sp³-hybridized carbons (Fsp3) is 0.941. The molecule has 0 spiro atoms. The molecule has 0 aromatic heterocycles. The third-order valence-electron chi connectivity index (χ3n) is 4.36. The van der Waals surface area contributed by atoms with E-state index in [1.807, 2.05) is 20.8 Å². The van der Waals surface area contributed by atoms with Crippen LogP contribution in [0.2, 0.25) is 0 Å². The number of β-amino-alcohol motifs (C(OH)–C–C–N with tert-alkyl or cyclic N) is 1. The summed E-state index contributed by atoms with van der Waals surface area (Å²) >= 11 is 0. The third-order valence-corrected chi connectivity index (χ3v) is 4.36. The predicted molar refractivity (Wildman–Crippen MR) is 88.4 cm³/mol. The van der Waals surface area contributed by atoms with Crippen molar-refractivity contribution in [2.24, 2.45) is 0 Å². The SMILES string of the molecule is C[C@@H]1CN(CC2(O)CCN(C(=O)OC(C)(C)C)CC2)C[C@H](C)O1. The van der Waals surface area contributed by atoms with Crippen LogP contribution in [0.25, 0.3) is 0 Å². The van der Waals surface area contributed by atoms with Crippen LogP contribution in [0.3, 0.4) is 0 Å². The lowest BCUT2D eigenvalue weighted by Crippen LogP contribution is -2.56. The minimum absolute atomic E-state index is 0.198. The lowest BCUT2D eigenvalue weighted by molar-refractivity contribution is -0.103. The van der Waals surface area contributed by atoms with Crippen molar-refractivity contribution in [3.63, 3.8) is 0 Å². The highest BCUT2D eigenvalue weighted by Crippen LogP contribution is 2.26. The molecule has 134 valence electrons. The largest absolute Gasteiger partial charge is 0.444 e. The molecule has 0 aliphatic carbocycles. The van der Waals surface area contributed by atoms with Crippen LogP contribution in [-0.2, 0) is 9.47 Å². The summed E-state index contributed by atoms with van der Waals surface area (Å²) in [6.07, 6.45) is 1.29. The molecule has 1 N–H and O–H groups in total. The second-order valence-electron chi connectivity index (χ2n) is 8.14. The molecule has 2 rings (SSSR count). The van der Waals surface area contributed by atoms with Gasteiger partial charge in [0.15, 0.2) is 0 Å². The number of amides is 1. The molecule has 1 amide bonds. The summed E-state index contributed by atoms with van der Waals surface area (Å²) < 4.78 is 11.1. The zero-order chi connectivity index (χ0) is 17.3. The summed E-state index contributed by atoms with van der Waals surface area (Å²) in [5.41, 5.74) is -1.21. The molecule has 6 nitrogen and oxygen atoms in total. The number of hydrogen-bond donors (Lipinski definition) is 1. The first-order chi connectivity index (χ1) is 10.6. The van der Waals surface area contributed by atoms with Crippen molar-refractivity contribution in [1.29, 1.82) is 0 Å². The maximum absolute atomic E-state index is 12.1. The number of piperidine rings is 1. The predicted octanol–water partition coefficient (Wildman–Crippen LogP) is 1.86. The molecule has 0 saturated carbocycles. The molecule has 6 heteroatoms. The summed E-state index contributed by atoms with van der Waals surface area (Å²) in [6.45, 7) is 13.2. The third kappa shape index (κ3) is 5.62. The van der Waals surface area contributed by atoms with Crippen LogP contribution < -0.4 is 0 Å². The Kier molecular flexibility index (Phi) is 5.59. The number of aliphatic hydroxyl groups is 1. The highest BCUT2D eigenvalue weighted by atomic mass is 16.6. The summed E-state index contributed by atoms with van der Waals surface area (Å²) in [5, 5.41) is 10.9. The van der Waals surface area contributed by atoms with E-state index in [1.54, 1.807) is 4.90 Å². The zero-order valence-corrected chi connectivity index (χ0v) is 15.2. The van der Waals surface area contributed by atoms with Gasteiger partial charge in [-0.15, -0.1) is 0 Å². The van der Waals surface area contributed by atoms with Crippen molar-refractivity contribution in [1.82, 2.24) is 9.80 Å². The van der Waals surface area contributed by atoms with E-state index in [2.05, 4.69) is 18.7 Å². The minimum atomic E-state index is -0.727. The van der Waals surface area contributed by atoms with Crippen LogP contribution in [0, 0.1) is 0 Å². The Hall–Kier alpha value is -0.850. The molecular formula is C17H32N2O4. The van der Waals surface area contributed by atoms with Crippen molar-refractivity contribution in [3.8, 4) is 0 Å². The number of morpholine rings is 1. The fourth-order valence-electron chi connectivity index (χ4n) is 3.42. The van der Waals surface area contributed by atoms with Crippen molar-refractivity contribution in [2.45, 2.75) is 70.9 Å². The fourth-order valence-corrected chi connectivity index (χ4v) is 3.42.